The first-order chi connectivity index (χ1) is 10.5. The number of rotatable bonds is 4. The van der Waals surface area contributed by atoms with E-state index in [1.165, 1.54) is 13.2 Å². The molecule has 0 aliphatic carbocycles. The quantitative estimate of drug-likeness (QED) is 0.616. The van der Waals surface area contributed by atoms with E-state index in [0.29, 0.717) is 0 Å². The zero-order valence-electron chi connectivity index (χ0n) is 11.7. The van der Waals surface area contributed by atoms with Crippen molar-refractivity contribution in [2.45, 2.75) is 6.92 Å². The third-order valence-electron chi connectivity index (χ3n) is 2.72. The van der Waals surface area contributed by atoms with Gasteiger partial charge >= 0.3 is 0 Å². The van der Waals surface area contributed by atoms with E-state index in [1.807, 2.05) is 6.92 Å². The minimum atomic E-state index is -1.79. The Balaban J connectivity index is 2.47. The van der Waals surface area contributed by atoms with Crippen molar-refractivity contribution in [2.24, 2.45) is 0 Å². The number of aromatic nitrogens is 1. The molecule has 0 N–H and O–H groups in total. The maximum atomic E-state index is 13.5. The number of methoxy groups -OCH3 is 1. The highest BCUT2D eigenvalue weighted by Crippen LogP contribution is 2.35. The van der Waals surface area contributed by atoms with E-state index in [1.54, 1.807) is 24.3 Å². The van der Waals surface area contributed by atoms with Crippen molar-refractivity contribution in [3.63, 3.8) is 0 Å². The summed E-state index contributed by atoms with van der Waals surface area (Å²) >= 11 is 0. The highest BCUT2D eigenvalue weighted by atomic mass is 19.2. The van der Waals surface area contributed by atoms with Crippen LogP contribution in [-0.2, 0) is 0 Å². The number of benzene rings is 1. The summed E-state index contributed by atoms with van der Waals surface area (Å²) in [4.78, 5) is 2.45. The molecule has 0 aliphatic rings. The molecule has 22 heavy (non-hydrogen) atoms. The molecule has 0 aliphatic heterocycles. The van der Waals surface area contributed by atoms with Crippen LogP contribution in [0.1, 0.15) is 12.5 Å². The normalized spacial score (nSPS) is 11.0. The van der Waals surface area contributed by atoms with Crippen LogP contribution in [0.4, 0.5) is 17.6 Å². The standard InChI is InChI=1S/C15H11F4NO2/c1-3-4-8-5-6-9(10(7-8)21-2)22-13-11(16)14(18)20-15(19)12(13)17/h3-7H,1-2H3/b4-3+. The van der Waals surface area contributed by atoms with Crippen molar-refractivity contribution < 1.29 is 27.0 Å². The Morgan fingerprint density at radius 1 is 1.00 bits per heavy atom. The van der Waals surface area contributed by atoms with E-state index in [0.717, 1.165) is 5.56 Å². The second-order valence-corrected chi connectivity index (χ2v) is 4.16. The summed E-state index contributed by atoms with van der Waals surface area (Å²) in [6.45, 7) is 1.81. The molecule has 3 nitrogen and oxygen atoms in total. The summed E-state index contributed by atoms with van der Waals surface area (Å²) < 4.78 is 63.2. The Hall–Kier alpha value is -2.57. The Kier molecular flexibility index (Phi) is 4.65. The summed E-state index contributed by atoms with van der Waals surface area (Å²) in [5, 5.41) is 0. The molecule has 0 spiro atoms. The Bertz CT molecular complexity index is 706. The molecule has 0 bridgehead atoms. The fourth-order valence-electron chi connectivity index (χ4n) is 1.73. The van der Waals surface area contributed by atoms with E-state index in [4.69, 9.17) is 9.47 Å². The summed E-state index contributed by atoms with van der Waals surface area (Å²) in [5.41, 5.74) is 0.750. The third kappa shape index (κ3) is 3.03. The minimum Gasteiger partial charge on any atom is -0.493 e. The van der Waals surface area contributed by atoms with Crippen LogP contribution in [0.3, 0.4) is 0 Å². The molecule has 0 fully saturated rings. The highest BCUT2D eigenvalue weighted by molar-refractivity contribution is 5.56. The molecule has 1 aromatic carbocycles. The summed E-state index contributed by atoms with van der Waals surface area (Å²) in [5.74, 6) is -8.21. The van der Waals surface area contributed by atoms with Gasteiger partial charge in [-0.1, -0.05) is 18.2 Å². The fourth-order valence-corrected chi connectivity index (χ4v) is 1.73. The number of hydrogen-bond acceptors (Lipinski definition) is 3. The zero-order valence-corrected chi connectivity index (χ0v) is 11.7. The van der Waals surface area contributed by atoms with Gasteiger partial charge in [-0.3, -0.25) is 0 Å². The van der Waals surface area contributed by atoms with Crippen LogP contribution in [0.5, 0.6) is 17.2 Å². The van der Waals surface area contributed by atoms with Gasteiger partial charge in [-0.05, 0) is 24.6 Å². The van der Waals surface area contributed by atoms with Crippen LogP contribution in [0.15, 0.2) is 24.3 Å². The SMILES string of the molecule is C/C=C/c1ccc(Oc2c(F)c(F)nc(F)c2F)c(OC)c1. The maximum Gasteiger partial charge on any atom is 0.255 e. The van der Waals surface area contributed by atoms with Gasteiger partial charge in [-0.15, -0.1) is 0 Å². The molecular formula is C15H11F4NO2. The van der Waals surface area contributed by atoms with E-state index >= 15 is 0 Å². The van der Waals surface area contributed by atoms with Crippen LogP contribution in [0.2, 0.25) is 0 Å². The van der Waals surface area contributed by atoms with E-state index in [9.17, 15) is 17.6 Å². The van der Waals surface area contributed by atoms with Gasteiger partial charge in [0.05, 0.1) is 7.11 Å². The molecule has 2 rings (SSSR count). The van der Waals surface area contributed by atoms with Crippen LogP contribution >= 0.6 is 0 Å². The van der Waals surface area contributed by atoms with Gasteiger partial charge < -0.3 is 9.47 Å². The van der Waals surface area contributed by atoms with Gasteiger partial charge in [-0.25, -0.2) is 0 Å². The number of hydrogen-bond donors (Lipinski definition) is 0. The highest BCUT2D eigenvalue weighted by Gasteiger charge is 2.23. The topological polar surface area (TPSA) is 31.4 Å². The molecular weight excluding hydrogens is 302 g/mol. The lowest BCUT2D eigenvalue weighted by Crippen LogP contribution is -2.03. The Morgan fingerprint density at radius 2 is 1.64 bits per heavy atom. The van der Waals surface area contributed by atoms with Crippen molar-refractivity contribution in [1.82, 2.24) is 4.98 Å². The number of allylic oxidation sites excluding steroid dienone is 1. The predicted molar refractivity (Wildman–Crippen MR) is 71.8 cm³/mol. The van der Waals surface area contributed by atoms with E-state index in [2.05, 4.69) is 4.98 Å². The van der Waals surface area contributed by atoms with Crippen molar-refractivity contribution >= 4 is 6.08 Å². The Morgan fingerprint density at radius 3 is 2.18 bits per heavy atom. The summed E-state index contributed by atoms with van der Waals surface area (Å²) in [6.07, 6.45) is 3.54. The molecule has 1 heterocycles. The van der Waals surface area contributed by atoms with Crippen molar-refractivity contribution in [1.29, 1.82) is 0 Å². The minimum absolute atomic E-state index is 0.0986. The molecule has 0 atom stereocenters. The van der Waals surface area contributed by atoms with E-state index < -0.39 is 29.3 Å². The first kappa shape index (κ1) is 15.8. The second-order valence-electron chi connectivity index (χ2n) is 4.16. The fraction of sp³-hybridized carbons (Fsp3) is 0.133. The summed E-state index contributed by atoms with van der Waals surface area (Å²) in [7, 11) is 1.32. The van der Waals surface area contributed by atoms with Crippen molar-refractivity contribution in [3.05, 3.63) is 53.4 Å². The molecule has 1 aromatic heterocycles. The monoisotopic (exact) mass is 313 g/mol. The molecule has 0 saturated carbocycles. The van der Waals surface area contributed by atoms with Crippen molar-refractivity contribution in [2.75, 3.05) is 7.11 Å². The number of nitrogens with zero attached hydrogens (tertiary/aromatic N) is 1. The van der Waals surface area contributed by atoms with Gasteiger partial charge in [-0.2, -0.15) is 22.5 Å². The number of halogens is 4. The van der Waals surface area contributed by atoms with Crippen LogP contribution in [-0.4, -0.2) is 12.1 Å². The molecule has 116 valence electrons. The average molecular weight is 313 g/mol. The first-order valence-corrected chi connectivity index (χ1v) is 6.16. The molecule has 0 radical (unpaired) electrons. The van der Waals surface area contributed by atoms with Crippen LogP contribution < -0.4 is 9.47 Å². The maximum absolute atomic E-state index is 13.5. The molecule has 0 unspecified atom stereocenters. The van der Waals surface area contributed by atoms with Crippen LogP contribution in [0, 0.1) is 23.5 Å². The predicted octanol–water partition coefficient (Wildman–Crippen LogP) is 4.47. The van der Waals surface area contributed by atoms with E-state index in [-0.39, 0.29) is 11.5 Å². The summed E-state index contributed by atoms with van der Waals surface area (Å²) in [6, 6.07) is 4.49. The molecule has 2 aromatic rings. The van der Waals surface area contributed by atoms with Gasteiger partial charge in [0.1, 0.15) is 0 Å². The molecule has 7 heteroatoms. The lowest BCUT2D eigenvalue weighted by atomic mass is 10.2. The van der Waals surface area contributed by atoms with Crippen molar-refractivity contribution in [3.8, 4) is 17.2 Å². The smallest absolute Gasteiger partial charge is 0.255 e. The third-order valence-corrected chi connectivity index (χ3v) is 2.72. The second kappa shape index (κ2) is 6.46. The van der Waals surface area contributed by atoms with Gasteiger partial charge in [0.2, 0.25) is 17.4 Å². The number of ether oxygens (including phenoxy) is 2. The van der Waals surface area contributed by atoms with Gasteiger partial charge in [0, 0.05) is 0 Å². The lowest BCUT2D eigenvalue weighted by Gasteiger charge is -2.12. The van der Waals surface area contributed by atoms with Gasteiger partial charge in [0.25, 0.3) is 11.9 Å². The Labute approximate surface area is 123 Å². The molecule has 0 amide bonds. The van der Waals surface area contributed by atoms with Crippen LogP contribution in [0.25, 0.3) is 6.08 Å². The lowest BCUT2D eigenvalue weighted by molar-refractivity contribution is 0.328. The zero-order chi connectivity index (χ0) is 16.3. The molecule has 0 saturated heterocycles. The largest absolute Gasteiger partial charge is 0.493 e. The van der Waals surface area contributed by atoms with Gasteiger partial charge in [0.15, 0.2) is 11.5 Å². The average Bonchev–Trinajstić information content (AvgIpc) is 2.51. The number of pyridine rings is 1. The first-order valence-electron chi connectivity index (χ1n) is 6.16.